The van der Waals surface area contributed by atoms with Crippen LogP contribution in [-0.2, 0) is 20.5 Å². The number of aromatic nitrogens is 1. The molecule has 1 aliphatic rings. The summed E-state index contributed by atoms with van der Waals surface area (Å²) in [6.45, 7) is 12.6. The van der Waals surface area contributed by atoms with E-state index in [0.29, 0.717) is 31.4 Å². The Kier molecular flexibility index (Phi) is 6.75. The van der Waals surface area contributed by atoms with Crippen molar-refractivity contribution in [2.75, 3.05) is 13.3 Å². The molecule has 0 radical (unpaired) electrons. The Morgan fingerprint density at radius 1 is 1.52 bits per heavy atom. The van der Waals surface area contributed by atoms with Crippen molar-refractivity contribution in [3.8, 4) is 0 Å². The third kappa shape index (κ3) is 4.87. The topological polar surface area (TPSA) is 68.7 Å². The third-order valence-corrected chi connectivity index (χ3v) is 6.80. The molecule has 0 spiro atoms. The van der Waals surface area contributed by atoms with Gasteiger partial charge in [-0.15, -0.1) is 11.3 Å². The number of carbonyl (C=O) groups excluding carboxylic acids is 1. The van der Waals surface area contributed by atoms with E-state index in [2.05, 4.69) is 18.8 Å². The van der Waals surface area contributed by atoms with E-state index >= 15 is 0 Å². The van der Waals surface area contributed by atoms with Gasteiger partial charge in [0.2, 0.25) is 0 Å². The van der Waals surface area contributed by atoms with Gasteiger partial charge in [0.05, 0.1) is 11.4 Å². The molecule has 25 heavy (non-hydrogen) atoms. The molecule has 8 heteroatoms. The van der Waals surface area contributed by atoms with Crippen LogP contribution in [0.1, 0.15) is 69.6 Å². The smallest absolute Gasteiger partial charge is 0.357 e. The normalized spacial score (nSPS) is 23.6. The van der Waals surface area contributed by atoms with E-state index in [4.69, 9.17) is 9.47 Å². The first-order chi connectivity index (χ1) is 11.6. The predicted octanol–water partition coefficient (Wildman–Crippen LogP) is 3.53. The minimum Gasteiger partial charge on any atom is -0.461 e. The van der Waals surface area contributed by atoms with Gasteiger partial charge in [-0.25, -0.2) is 14.0 Å². The summed E-state index contributed by atoms with van der Waals surface area (Å²) < 4.78 is 25.4. The number of rotatable bonds is 5. The second-order valence-corrected chi connectivity index (χ2v) is 10.5. The van der Waals surface area contributed by atoms with Crippen molar-refractivity contribution in [1.82, 2.24) is 9.29 Å². The summed E-state index contributed by atoms with van der Waals surface area (Å²) in [6.07, 6.45) is 0.517. The van der Waals surface area contributed by atoms with Crippen molar-refractivity contribution < 1.29 is 18.5 Å². The summed E-state index contributed by atoms with van der Waals surface area (Å²) in [5.74, 6) is -0.0705. The fourth-order valence-electron chi connectivity index (χ4n) is 2.70. The van der Waals surface area contributed by atoms with Gasteiger partial charge in [0.25, 0.3) is 0 Å². The summed E-state index contributed by atoms with van der Waals surface area (Å²) in [5.41, 5.74) is 0.326. The van der Waals surface area contributed by atoms with Crippen LogP contribution in [-0.4, -0.2) is 43.6 Å². The fraction of sp³-hybridized carbons (Fsp3) is 0.765. The molecule has 0 aliphatic carbocycles. The maximum atomic E-state index is 12.8. The van der Waals surface area contributed by atoms with E-state index in [-0.39, 0.29) is 16.9 Å². The van der Waals surface area contributed by atoms with Crippen LogP contribution in [0.2, 0.25) is 0 Å². The zero-order chi connectivity index (χ0) is 18.8. The molecule has 0 amide bonds. The predicted molar refractivity (Wildman–Crippen MR) is 99.7 cm³/mol. The first-order valence-electron chi connectivity index (χ1n) is 8.58. The van der Waals surface area contributed by atoms with Crippen molar-refractivity contribution in [1.29, 1.82) is 0 Å². The van der Waals surface area contributed by atoms with E-state index < -0.39 is 17.0 Å². The Morgan fingerprint density at radius 2 is 2.20 bits per heavy atom. The molecule has 1 saturated heterocycles. The molecule has 1 aliphatic heterocycles. The van der Waals surface area contributed by atoms with Gasteiger partial charge in [-0.1, -0.05) is 13.8 Å². The van der Waals surface area contributed by atoms with E-state index in [1.807, 2.05) is 25.1 Å². The highest BCUT2D eigenvalue weighted by molar-refractivity contribution is 7.84. The van der Waals surface area contributed by atoms with Gasteiger partial charge in [-0.3, -0.25) is 0 Å². The molecule has 0 N–H and O–H groups in total. The van der Waals surface area contributed by atoms with Crippen molar-refractivity contribution in [3.05, 3.63) is 16.1 Å². The number of hydrogen-bond acceptors (Lipinski definition) is 6. The van der Waals surface area contributed by atoms with Crippen LogP contribution in [0.4, 0.5) is 0 Å². The van der Waals surface area contributed by atoms with Gasteiger partial charge in [-0.2, -0.15) is 4.31 Å². The highest BCUT2D eigenvalue weighted by Gasteiger charge is 2.39. The van der Waals surface area contributed by atoms with Crippen molar-refractivity contribution >= 4 is 28.3 Å². The van der Waals surface area contributed by atoms with E-state index in [0.717, 1.165) is 5.01 Å². The summed E-state index contributed by atoms with van der Waals surface area (Å²) in [6, 6.07) is 0.133. The molecule has 0 saturated carbocycles. The lowest BCUT2D eigenvalue weighted by molar-refractivity contribution is -0.0694. The quantitative estimate of drug-likeness (QED) is 0.722. The van der Waals surface area contributed by atoms with Gasteiger partial charge >= 0.3 is 5.97 Å². The van der Waals surface area contributed by atoms with Crippen molar-refractivity contribution in [2.45, 2.75) is 64.9 Å². The molecule has 6 nitrogen and oxygen atoms in total. The molecule has 142 valence electrons. The van der Waals surface area contributed by atoms with Gasteiger partial charge in [0.1, 0.15) is 28.8 Å². The average molecular weight is 389 g/mol. The lowest BCUT2D eigenvalue weighted by Gasteiger charge is -2.42. The maximum absolute atomic E-state index is 12.8. The lowest BCUT2D eigenvalue weighted by Crippen LogP contribution is -2.50. The zero-order valence-electron chi connectivity index (χ0n) is 15.8. The summed E-state index contributed by atoms with van der Waals surface area (Å²) in [4.78, 5) is 16.2. The number of thiazole rings is 1. The number of ether oxygens (including phenoxy) is 2. The SMILES string of the molecule is CCOC(=O)c1csc([C@H]2CC(C(C)C)N([S@](=O)C(C)(C)C)CO2)n1. The van der Waals surface area contributed by atoms with Crippen LogP contribution < -0.4 is 0 Å². The molecule has 3 atom stereocenters. The van der Waals surface area contributed by atoms with Crippen LogP contribution in [0.3, 0.4) is 0 Å². The highest BCUT2D eigenvalue weighted by Crippen LogP contribution is 2.36. The first kappa shape index (κ1) is 20.5. The molecule has 2 rings (SSSR count). The molecule has 0 aromatic carbocycles. The summed E-state index contributed by atoms with van der Waals surface area (Å²) >= 11 is 1.41. The van der Waals surface area contributed by atoms with E-state index in [1.54, 1.807) is 12.3 Å². The van der Waals surface area contributed by atoms with Crippen LogP contribution in [0.5, 0.6) is 0 Å². The number of nitrogens with zero attached hydrogens (tertiary/aromatic N) is 2. The van der Waals surface area contributed by atoms with Gasteiger partial charge in [0.15, 0.2) is 5.69 Å². The van der Waals surface area contributed by atoms with Crippen LogP contribution in [0.15, 0.2) is 5.38 Å². The molecule has 1 fully saturated rings. The minimum absolute atomic E-state index is 0.133. The van der Waals surface area contributed by atoms with E-state index in [9.17, 15) is 9.00 Å². The van der Waals surface area contributed by atoms with Crippen LogP contribution in [0, 0.1) is 5.92 Å². The zero-order valence-corrected chi connectivity index (χ0v) is 17.4. The molecule has 1 unspecified atom stereocenters. The minimum atomic E-state index is -1.13. The average Bonchev–Trinajstić information content (AvgIpc) is 3.03. The molecular weight excluding hydrogens is 360 g/mol. The Hall–Kier alpha value is -0.830. The molecule has 0 bridgehead atoms. The Morgan fingerprint density at radius 3 is 2.76 bits per heavy atom. The Balaban J connectivity index is 2.14. The summed E-state index contributed by atoms with van der Waals surface area (Å²) in [5, 5.41) is 2.48. The van der Waals surface area contributed by atoms with Crippen molar-refractivity contribution in [3.63, 3.8) is 0 Å². The first-order valence-corrected chi connectivity index (χ1v) is 10.6. The third-order valence-electron chi connectivity index (χ3n) is 4.02. The number of esters is 1. The Labute approximate surface area is 156 Å². The molecule has 1 aromatic rings. The Bertz CT molecular complexity index is 624. The van der Waals surface area contributed by atoms with Crippen molar-refractivity contribution in [2.24, 2.45) is 5.92 Å². The second kappa shape index (κ2) is 8.24. The number of carbonyl (C=O) groups is 1. The standard InChI is InChI=1S/C17H28N2O4S2/c1-7-22-16(20)12-9-24-15(18-12)14-8-13(11(2)3)19(10-23-14)25(21)17(4,5)6/h9,11,13-14H,7-8,10H2,1-6H3/t13?,14-,25-/m1/s1. The lowest BCUT2D eigenvalue weighted by atomic mass is 9.97. The monoisotopic (exact) mass is 388 g/mol. The molecule has 1 aromatic heterocycles. The molecule has 2 heterocycles. The molecular formula is C17H28N2O4S2. The van der Waals surface area contributed by atoms with E-state index in [1.165, 1.54) is 11.3 Å². The maximum Gasteiger partial charge on any atom is 0.357 e. The largest absolute Gasteiger partial charge is 0.461 e. The van der Waals surface area contributed by atoms with Gasteiger partial charge in [0, 0.05) is 11.4 Å². The second-order valence-electron chi connectivity index (χ2n) is 7.40. The summed E-state index contributed by atoms with van der Waals surface area (Å²) in [7, 11) is -1.13. The number of hydrogen-bond donors (Lipinski definition) is 0. The fourth-order valence-corrected chi connectivity index (χ4v) is 4.98. The van der Waals surface area contributed by atoms with Gasteiger partial charge < -0.3 is 9.47 Å². The van der Waals surface area contributed by atoms with Gasteiger partial charge in [-0.05, 0) is 40.0 Å². The van der Waals surface area contributed by atoms with Crippen LogP contribution in [0.25, 0.3) is 0 Å². The van der Waals surface area contributed by atoms with Crippen LogP contribution >= 0.6 is 11.3 Å². The highest BCUT2D eigenvalue weighted by atomic mass is 32.2.